The number of aromatic nitrogens is 2. The average Bonchev–Trinajstić information content (AvgIpc) is 3.68. The Bertz CT molecular complexity index is 1650. The number of carbonyl (C=O) groups excluding carboxylic acids is 1. The van der Waals surface area contributed by atoms with Gasteiger partial charge in [-0.1, -0.05) is 24.3 Å². The smallest absolute Gasteiger partial charge is 0.307 e. The predicted octanol–water partition coefficient (Wildman–Crippen LogP) is 6.15. The lowest BCUT2D eigenvalue weighted by molar-refractivity contribution is -0.136. The highest BCUT2D eigenvalue weighted by Crippen LogP contribution is 2.35. The Morgan fingerprint density at radius 1 is 0.738 bits per heavy atom. The van der Waals surface area contributed by atoms with E-state index in [0.717, 1.165) is 71.9 Å². The molecule has 2 heterocycles. The third-order valence-electron chi connectivity index (χ3n) is 7.82. The van der Waals surface area contributed by atoms with Gasteiger partial charge in [-0.25, -0.2) is 9.97 Å². The van der Waals surface area contributed by atoms with E-state index in [4.69, 9.17) is 22.1 Å². The van der Waals surface area contributed by atoms with Crippen molar-refractivity contribution in [3.63, 3.8) is 0 Å². The number of aryl methyl sites for hydroxylation is 2. The summed E-state index contributed by atoms with van der Waals surface area (Å²) in [4.78, 5) is 30.6. The third kappa shape index (κ3) is 6.22. The molecule has 0 amide bonds. The quantitative estimate of drug-likeness (QED) is 0.273. The van der Waals surface area contributed by atoms with Gasteiger partial charge in [0.15, 0.2) is 0 Å². The third-order valence-corrected chi connectivity index (χ3v) is 7.95. The van der Waals surface area contributed by atoms with Crippen LogP contribution >= 0.6 is 11.6 Å². The number of rotatable bonds is 6. The minimum absolute atomic E-state index is 0.0166. The Kier molecular flexibility index (Phi) is 8.71. The van der Waals surface area contributed by atoms with Gasteiger partial charge in [-0.2, -0.15) is 10.5 Å². The molecule has 0 unspecified atom stereocenters. The maximum absolute atomic E-state index is 11.4. The van der Waals surface area contributed by atoms with Crippen LogP contribution in [0.3, 0.4) is 0 Å². The molecule has 2 aliphatic rings. The van der Waals surface area contributed by atoms with E-state index in [-0.39, 0.29) is 18.1 Å². The second kappa shape index (κ2) is 12.8. The molecule has 7 nitrogen and oxygen atoms in total. The summed E-state index contributed by atoms with van der Waals surface area (Å²) in [6.45, 7) is 0. The highest BCUT2D eigenvalue weighted by molar-refractivity contribution is 6.63. The van der Waals surface area contributed by atoms with Crippen molar-refractivity contribution in [2.75, 3.05) is 0 Å². The Balaban J connectivity index is 0.000000168. The van der Waals surface area contributed by atoms with Crippen LogP contribution in [0.2, 0.25) is 0 Å². The summed E-state index contributed by atoms with van der Waals surface area (Å²) in [5.74, 6) is -0.828. The van der Waals surface area contributed by atoms with Crippen molar-refractivity contribution in [3.05, 3.63) is 106 Å². The zero-order valence-corrected chi connectivity index (χ0v) is 23.6. The minimum Gasteiger partial charge on any atom is -0.481 e. The average molecular weight is 575 g/mol. The number of halogens is 1. The molecule has 0 spiro atoms. The number of nitriles is 2. The van der Waals surface area contributed by atoms with Gasteiger partial charge in [0.05, 0.1) is 6.42 Å². The van der Waals surface area contributed by atoms with Gasteiger partial charge >= 0.3 is 5.97 Å². The largest absolute Gasteiger partial charge is 0.481 e. The molecule has 0 saturated carbocycles. The molecule has 0 atom stereocenters. The lowest BCUT2D eigenvalue weighted by atomic mass is 9.91. The van der Waals surface area contributed by atoms with Crippen LogP contribution in [0.15, 0.2) is 60.9 Å². The first-order chi connectivity index (χ1) is 20.4. The normalized spacial score (nSPS) is 12.7. The number of hydrogen-bond acceptors (Lipinski definition) is 6. The molecule has 4 aromatic rings. The van der Waals surface area contributed by atoms with Gasteiger partial charge in [0.1, 0.15) is 23.5 Å². The van der Waals surface area contributed by atoms with Gasteiger partial charge < -0.3 is 5.11 Å². The molecule has 0 radical (unpaired) electrons. The molecule has 42 heavy (non-hydrogen) atoms. The topological polar surface area (TPSA) is 128 Å². The molecular formula is C34H27ClN4O3. The Hall–Kier alpha value is -4.85. The first kappa shape index (κ1) is 28.7. The minimum atomic E-state index is -0.828. The van der Waals surface area contributed by atoms with Crippen molar-refractivity contribution in [3.8, 4) is 34.4 Å². The van der Waals surface area contributed by atoms with E-state index in [0.29, 0.717) is 11.4 Å². The molecule has 0 saturated heterocycles. The number of hydrogen-bond donors (Lipinski definition) is 1. The first-order valence-corrected chi connectivity index (χ1v) is 14.2. The van der Waals surface area contributed by atoms with E-state index < -0.39 is 5.97 Å². The molecule has 1 N–H and O–H groups in total. The fraction of sp³-hybridized carbons (Fsp3) is 0.235. The molecule has 2 aromatic heterocycles. The van der Waals surface area contributed by atoms with Gasteiger partial charge in [0.25, 0.3) is 0 Å². The van der Waals surface area contributed by atoms with Crippen LogP contribution in [0.25, 0.3) is 22.3 Å². The number of nitrogens with zero attached hydrogens (tertiary/aromatic N) is 4. The predicted molar refractivity (Wildman–Crippen MR) is 159 cm³/mol. The number of pyridine rings is 2. The van der Waals surface area contributed by atoms with E-state index >= 15 is 0 Å². The number of carboxylic acids is 1. The molecule has 6 rings (SSSR count). The molecular weight excluding hydrogens is 548 g/mol. The standard InChI is InChI=1S/C17H13ClN2O.C17H14N2O2/c18-17(21)9-16-14-3-1-2-11(14)4-5-15(16)12-6-7-20-13(8-12)10-19;18-10-13-8-12(6-7-19-13)15-5-4-11-2-1-3-14(11)16(15)9-17(20)21/h4-8H,1-3,9H2;4-8H,1-3,9H2,(H,20,21). The lowest BCUT2D eigenvalue weighted by Crippen LogP contribution is -2.06. The molecule has 2 aromatic carbocycles. The summed E-state index contributed by atoms with van der Waals surface area (Å²) >= 11 is 5.63. The maximum atomic E-state index is 11.4. The van der Waals surface area contributed by atoms with Gasteiger partial charge in [-0.3, -0.25) is 9.59 Å². The van der Waals surface area contributed by atoms with E-state index in [1.165, 1.54) is 22.3 Å². The van der Waals surface area contributed by atoms with Crippen molar-refractivity contribution >= 4 is 22.8 Å². The van der Waals surface area contributed by atoms with Gasteiger partial charge in [0.2, 0.25) is 5.24 Å². The monoisotopic (exact) mass is 574 g/mol. The first-order valence-electron chi connectivity index (χ1n) is 13.8. The van der Waals surface area contributed by atoms with Crippen LogP contribution < -0.4 is 0 Å². The summed E-state index contributed by atoms with van der Waals surface area (Å²) in [5.41, 5.74) is 11.2. The van der Waals surface area contributed by atoms with Crippen LogP contribution in [0.4, 0.5) is 0 Å². The zero-order valence-electron chi connectivity index (χ0n) is 22.9. The number of carbonyl (C=O) groups is 2. The molecule has 208 valence electrons. The van der Waals surface area contributed by atoms with Crippen LogP contribution in [0.1, 0.15) is 57.6 Å². The summed E-state index contributed by atoms with van der Waals surface area (Å²) in [6, 6.07) is 19.4. The van der Waals surface area contributed by atoms with Crippen molar-refractivity contribution in [2.45, 2.75) is 51.4 Å². The van der Waals surface area contributed by atoms with Crippen LogP contribution in [0, 0.1) is 22.7 Å². The Morgan fingerprint density at radius 3 is 1.64 bits per heavy atom. The molecule has 0 bridgehead atoms. The molecule has 2 aliphatic carbocycles. The maximum Gasteiger partial charge on any atom is 0.307 e. The summed E-state index contributed by atoms with van der Waals surface area (Å²) < 4.78 is 0. The summed E-state index contributed by atoms with van der Waals surface area (Å²) in [7, 11) is 0. The summed E-state index contributed by atoms with van der Waals surface area (Å²) in [5, 5.41) is 26.8. The van der Waals surface area contributed by atoms with E-state index in [2.05, 4.69) is 22.1 Å². The van der Waals surface area contributed by atoms with Crippen molar-refractivity contribution in [1.82, 2.24) is 9.97 Å². The molecule has 8 heteroatoms. The number of fused-ring (bicyclic) bond motifs is 2. The second-order valence-corrected chi connectivity index (χ2v) is 10.8. The second-order valence-electron chi connectivity index (χ2n) is 10.4. The zero-order chi connectivity index (χ0) is 29.6. The van der Waals surface area contributed by atoms with Crippen LogP contribution in [0.5, 0.6) is 0 Å². The Morgan fingerprint density at radius 2 is 1.21 bits per heavy atom. The molecule has 0 aliphatic heterocycles. The van der Waals surface area contributed by atoms with Crippen LogP contribution in [-0.4, -0.2) is 26.3 Å². The van der Waals surface area contributed by atoms with E-state index in [9.17, 15) is 14.7 Å². The van der Waals surface area contributed by atoms with Gasteiger partial charge in [-0.15, -0.1) is 0 Å². The van der Waals surface area contributed by atoms with Crippen molar-refractivity contribution in [1.29, 1.82) is 10.5 Å². The number of carboxylic acid groups (broad SMARTS) is 1. The Labute approximate surface area is 249 Å². The SMILES string of the molecule is N#Cc1cc(-c2ccc3c(c2CC(=O)Cl)CCC3)ccn1.N#Cc1cc(-c2ccc3c(c2CC(=O)O)CCC3)ccn1. The van der Waals surface area contributed by atoms with E-state index in [1.54, 1.807) is 24.5 Å². The molecule has 0 fully saturated rings. The number of benzene rings is 2. The fourth-order valence-corrected chi connectivity index (χ4v) is 6.17. The van der Waals surface area contributed by atoms with E-state index in [1.807, 2.05) is 36.4 Å². The highest BCUT2D eigenvalue weighted by atomic mass is 35.5. The fourth-order valence-electron chi connectivity index (χ4n) is 6.04. The number of aliphatic carboxylic acids is 1. The van der Waals surface area contributed by atoms with Gasteiger partial charge in [-0.05, 0) is 130 Å². The summed E-state index contributed by atoms with van der Waals surface area (Å²) in [6.07, 6.45) is 9.63. The van der Waals surface area contributed by atoms with Gasteiger partial charge in [0, 0.05) is 18.8 Å². The highest BCUT2D eigenvalue weighted by Gasteiger charge is 2.21. The lowest BCUT2D eigenvalue weighted by Gasteiger charge is -2.14. The van der Waals surface area contributed by atoms with Crippen molar-refractivity contribution < 1.29 is 14.7 Å². The van der Waals surface area contributed by atoms with Crippen molar-refractivity contribution in [2.24, 2.45) is 0 Å². The van der Waals surface area contributed by atoms with Crippen LogP contribution in [-0.2, 0) is 48.1 Å².